The number of ether oxygens (including phenoxy) is 1. The van der Waals surface area contributed by atoms with Gasteiger partial charge in [-0.25, -0.2) is 14.2 Å². The molecule has 13 heteroatoms. The Morgan fingerprint density at radius 1 is 1.10 bits per heavy atom. The molecule has 0 spiro atoms. The van der Waals surface area contributed by atoms with E-state index in [4.69, 9.17) is 4.74 Å². The Morgan fingerprint density at radius 3 is 2.60 bits per heavy atom. The van der Waals surface area contributed by atoms with Gasteiger partial charge in [-0.15, -0.1) is 0 Å². The van der Waals surface area contributed by atoms with E-state index in [9.17, 15) is 19.3 Å². The molecule has 5 rings (SSSR count). The number of nitro groups is 1. The van der Waals surface area contributed by atoms with Gasteiger partial charge in [0.2, 0.25) is 5.95 Å². The Labute approximate surface area is 227 Å². The molecule has 5 aromatic rings. The number of hydrogen-bond acceptors (Lipinski definition) is 9. The van der Waals surface area contributed by atoms with Crippen LogP contribution < -0.4 is 10.6 Å². The van der Waals surface area contributed by atoms with Crippen LogP contribution in [-0.2, 0) is 11.8 Å². The highest BCUT2D eigenvalue weighted by molar-refractivity contribution is 5.93. The van der Waals surface area contributed by atoms with Crippen LogP contribution in [0.3, 0.4) is 0 Å². The number of aryl methyl sites for hydroxylation is 1. The molecule has 0 aliphatic heterocycles. The number of hydrogen-bond donors (Lipinski definition) is 2. The summed E-state index contributed by atoms with van der Waals surface area (Å²) in [5.41, 5.74) is 1.36. The molecular weight excluding hydrogens is 519 g/mol. The molecule has 40 heavy (non-hydrogen) atoms. The molecule has 0 bridgehead atoms. The smallest absolute Gasteiger partial charge is 0.418 e. The summed E-state index contributed by atoms with van der Waals surface area (Å²) in [7, 11) is 1.76. The number of aromatic nitrogens is 5. The number of rotatable bonds is 6. The van der Waals surface area contributed by atoms with E-state index < -0.39 is 22.4 Å². The van der Waals surface area contributed by atoms with E-state index in [0.29, 0.717) is 22.3 Å². The van der Waals surface area contributed by atoms with Crippen LogP contribution in [0, 0.1) is 15.9 Å². The second kappa shape index (κ2) is 10.1. The third kappa shape index (κ3) is 5.57. The first-order valence-electron chi connectivity index (χ1n) is 12.2. The van der Waals surface area contributed by atoms with E-state index in [2.05, 4.69) is 25.7 Å². The van der Waals surface area contributed by atoms with Crippen LogP contribution in [0.2, 0.25) is 0 Å². The lowest BCUT2D eigenvalue weighted by Gasteiger charge is -2.19. The number of halogens is 1. The molecule has 0 aliphatic carbocycles. The van der Waals surface area contributed by atoms with Gasteiger partial charge in [-0.1, -0.05) is 6.07 Å². The van der Waals surface area contributed by atoms with E-state index in [-0.39, 0.29) is 23.1 Å². The lowest BCUT2D eigenvalue weighted by Crippen LogP contribution is -2.26. The molecule has 0 unspecified atom stereocenters. The first-order valence-corrected chi connectivity index (χ1v) is 12.2. The summed E-state index contributed by atoms with van der Waals surface area (Å²) in [5, 5.41) is 22.1. The monoisotopic (exact) mass is 544 g/mol. The molecule has 0 aliphatic rings. The van der Waals surface area contributed by atoms with E-state index in [1.54, 1.807) is 75.5 Å². The molecule has 12 nitrogen and oxygen atoms in total. The normalized spacial score (nSPS) is 11.4. The van der Waals surface area contributed by atoms with Gasteiger partial charge < -0.3 is 15.4 Å². The number of nitrogens with zero attached hydrogens (tertiary/aromatic N) is 6. The van der Waals surface area contributed by atoms with Gasteiger partial charge in [0.25, 0.3) is 5.69 Å². The van der Waals surface area contributed by atoms with Crippen molar-refractivity contribution in [2.75, 3.05) is 10.6 Å². The molecule has 0 saturated heterocycles. The van der Waals surface area contributed by atoms with Crippen LogP contribution in [-0.4, -0.2) is 40.9 Å². The zero-order chi connectivity index (χ0) is 28.6. The zero-order valence-corrected chi connectivity index (χ0v) is 22.0. The van der Waals surface area contributed by atoms with Crippen molar-refractivity contribution in [3.63, 3.8) is 0 Å². The first kappa shape index (κ1) is 26.3. The molecule has 0 fully saturated rings. The van der Waals surface area contributed by atoms with Crippen LogP contribution in [0.5, 0.6) is 0 Å². The Kier molecular flexibility index (Phi) is 6.63. The summed E-state index contributed by atoms with van der Waals surface area (Å²) in [6.45, 7) is 5.38. The second-order valence-corrected chi connectivity index (χ2v) is 9.97. The van der Waals surface area contributed by atoms with Gasteiger partial charge >= 0.3 is 6.09 Å². The summed E-state index contributed by atoms with van der Waals surface area (Å²) in [6, 6.07) is 10.3. The van der Waals surface area contributed by atoms with Gasteiger partial charge in [0.1, 0.15) is 17.2 Å². The van der Waals surface area contributed by atoms with Gasteiger partial charge in [0, 0.05) is 48.7 Å². The van der Waals surface area contributed by atoms with Crippen LogP contribution in [0.1, 0.15) is 20.8 Å². The number of anilines is 4. The molecule has 204 valence electrons. The quantitative estimate of drug-likeness (QED) is 0.190. The first-order chi connectivity index (χ1) is 19.0. The van der Waals surface area contributed by atoms with Crippen LogP contribution >= 0.6 is 0 Å². The van der Waals surface area contributed by atoms with E-state index >= 15 is 0 Å². The summed E-state index contributed by atoms with van der Waals surface area (Å²) < 4.78 is 23.2. The highest BCUT2D eigenvalue weighted by atomic mass is 19.1. The lowest BCUT2D eigenvalue weighted by atomic mass is 10.1. The van der Waals surface area contributed by atoms with Crippen LogP contribution in [0.25, 0.3) is 22.0 Å². The van der Waals surface area contributed by atoms with Crippen molar-refractivity contribution < 1.29 is 18.8 Å². The SMILES string of the molecule is Cn1cc(Nc2ncc(-c3ccc4c(ccn4C(=O)OC(C)(C)C)c3)c(Nc3cc([N+](=O)[O-])ccc3F)n2)cn1. The average molecular weight is 545 g/mol. The predicted octanol–water partition coefficient (Wildman–Crippen LogP) is 6.15. The molecule has 3 aromatic heterocycles. The molecule has 3 heterocycles. The minimum atomic E-state index is -0.693. The number of carbonyl (C=O) groups is 1. The van der Waals surface area contributed by atoms with E-state index in [0.717, 1.165) is 23.6 Å². The minimum absolute atomic E-state index is 0.126. The fourth-order valence-electron chi connectivity index (χ4n) is 3.99. The largest absolute Gasteiger partial charge is 0.443 e. The molecule has 0 saturated carbocycles. The van der Waals surface area contributed by atoms with Crippen molar-refractivity contribution in [1.82, 2.24) is 24.3 Å². The third-order valence-corrected chi connectivity index (χ3v) is 5.76. The summed E-state index contributed by atoms with van der Waals surface area (Å²) in [4.78, 5) is 32.3. The molecule has 2 aromatic carbocycles. The maximum atomic E-state index is 14.7. The number of nitrogens with one attached hydrogen (secondary N) is 2. The van der Waals surface area contributed by atoms with Gasteiger partial charge in [0.15, 0.2) is 0 Å². The number of benzene rings is 2. The van der Waals surface area contributed by atoms with Crippen molar-refractivity contribution in [3.05, 3.63) is 83.2 Å². The maximum absolute atomic E-state index is 14.7. The number of carbonyl (C=O) groups excluding carboxylic acids is 1. The molecular formula is C27H25FN8O4. The minimum Gasteiger partial charge on any atom is -0.443 e. The molecule has 0 amide bonds. The third-order valence-electron chi connectivity index (χ3n) is 5.76. The van der Waals surface area contributed by atoms with Crippen molar-refractivity contribution in [1.29, 1.82) is 0 Å². The van der Waals surface area contributed by atoms with Gasteiger partial charge in [-0.3, -0.25) is 19.4 Å². The number of nitro benzene ring substituents is 1. The topological polar surface area (TPSA) is 142 Å². The summed E-state index contributed by atoms with van der Waals surface area (Å²) >= 11 is 0. The summed E-state index contributed by atoms with van der Waals surface area (Å²) in [5.74, 6) is -0.296. The summed E-state index contributed by atoms with van der Waals surface area (Å²) in [6.07, 6.45) is 5.99. The second-order valence-electron chi connectivity index (χ2n) is 9.97. The predicted molar refractivity (Wildman–Crippen MR) is 147 cm³/mol. The van der Waals surface area contributed by atoms with Crippen LogP contribution in [0.15, 0.2) is 67.3 Å². The Hall–Kier alpha value is -5.33. The lowest BCUT2D eigenvalue weighted by molar-refractivity contribution is -0.384. The highest BCUT2D eigenvalue weighted by Crippen LogP contribution is 2.34. The number of non-ortho nitro benzene ring substituents is 1. The Bertz CT molecular complexity index is 1760. The Morgan fingerprint density at radius 2 is 1.90 bits per heavy atom. The van der Waals surface area contributed by atoms with Crippen molar-refractivity contribution in [2.24, 2.45) is 7.05 Å². The highest BCUT2D eigenvalue weighted by Gasteiger charge is 2.20. The number of fused-ring (bicyclic) bond motifs is 1. The zero-order valence-electron chi connectivity index (χ0n) is 22.0. The molecule has 0 atom stereocenters. The average Bonchev–Trinajstić information content (AvgIpc) is 3.49. The van der Waals surface area contributed by atoms with Crippen molar-refractivity contribution >= 4 is 45.8 Å². The Balaban J connectivity index is 1.56. The van der Waals surface area contributed by atoms with E-state index in [1.165, 1.54) is 4.57 Å². The van der Waals surface area contributed by atoms with Gasteiger partial charge in [-0.2, -0.15) is 10.1 Å². The van der Waals surface area contributed by atoms with Crippen LogP contribution in [0.4, 0.5) is 38.0 Å². The van der Waals surface area contributed by atoms with E-state index in [1.807, 2.05) is 6.07 Å². The van der Waals surface area contributed by atoms with Gasteiger partial charge in [0.05, 0.1) is 28.0 Å². The standard InChI is InChI=1S/C27H25FN8O4/c1-27(2,3)40-26(37)35-10-9-17-11-16(5-8-23(17)35)20-14-29-25(31-18-13-30-34(4)15-18)33-24(20)32-22-12-19(36(38)39)6-7-21(22)28/h5-15H,1-4H3,(H2,29,31,32,33). The maximum Gasteiger partial charge on any atom is 0.418 e. The fraction of sp³-hybridized carbons (Fsp3) is 0.185. The van der Waals surface area contributed by atoms with Gasteiger partial charge in [-0.05, 0) is 50.6 Å². The van der Waals surface area contributed by atoms with Crippen molar-refractivity contribution in [2.45, 2.75) is 26.4 Å². The molecule has 0 radical (unpaired) electrons. The van der Waals surface area contributed by atoms with Crippen molar-refractivity contribution in [3.8, 4) is 11.1 Å². The fourth-order valence-corrected chi connectivity index (χ4v) is 3.99. The molecule has 2 N–H and O–H groups in total.